The average molecular weight is 337 g/mol. The maximum Gasteiger partial charge on any atom is 0.325 e. The van der Waals surface area contributed by atoms with E-state index in [2.05, 4.69) is 35.2 Å². The van der Waals surface area contributed by atoms with Gasteiger partial charge in [0.2, 0.25) is 0 Å². The summed E-state index contributed by atoms with van der Waals surface area (Å²) >= 11 is 7.66. The highest BCUT2D eigenvalue weighted by Gasteiger charge is 2.13. The van der Waals surface area contributed by atoms with E-state index in [0.717, 1.165) is 18.6 Å². The summed E-state index contributed by atoms with van der Waals surface area (Å²) in [5, 5.41) is 11.6. The predicted molar refractivity (Wildman–Crippen MR) is 68.4 cm³/mol. The van der Waals surface area contributed by atoms with Crippen molar-refractivity contribution in [2.24, 2.45) is 0 Å². The van der Waals surface area contributed by atoms with Gasteiger partial charge in [-0.2, -0.15) is 0 Å². The molecule has 0 aliphatic heterocycles. The lowest BCUT2D eigenvalue weighted by Gasteiger charge is -1.96. The maximum absolute atomic E-state index is 10.6. The summed E-state index contributed by atoms with van der Waals surface area (Å²) in [4.78, 5) is 11.0. The van der Waals surface area contributed by atoms with Gasteiger partial charge in [0.1, 0.15) is 0 Å². The first-order valence-electron chi connectivity index (χ1n) is 3.65. The molecular weight excluding hydrogens is 333 g/mol. The van der Waals surface area contributed by atoms with Crippen LogP contribution in [0.5, 0.6) is 0 Å². The Balaban J connectivity index is 2.77. The Labute approximate surface area is 103 Å². The Morgan fingerprint density at radius 2 is 2.21 bits per heavy atom. The van der Waals surface area contributed by atoms with Crippen molar-refractivity contribution in [3.63, 3.8) is 0 Å². The van der Waals surface area contributed by atoms with Crippen LogP contribution >= 0.6 is 46.6 Å². The monoisotopic (exact) mass is 337 g/mol. The zero-order valence-electron chi connectivity index (χ0n) is 6.73. The predicted octanol–water partition coefficient (Wildman–Crippen LogP) is 3.70. The smallest absolute Gasteiger partial charge is 0.258 e. The molecule has 1 aromatic carbocycles. The number of nitrogens with zero attached hydrogens (tertiary/aromatic N) is 1. The number of fused-ring (bicyclic) bond motifs is 1. The van der Waals surface area contributed by atoms with Gasteiger partial charge in [0.05, 0.1) is 4.92 Å². The minimum absolute atomic E-state index is 0.164. The van der Waals surface area contributed by atoms with Crippen molar-refractivity contribution >= 4 is 61.6 Å². The molecule has 0 N–H and O–H groups in total. The van der Waals surface area contributed by atoms with Gasteiger partial charge in [-0.15, -0.1) is 12.6 Å². The van der Waals surface area contributed by atoms with Gasteiger partial charge in [-0.25, -0.2) is 0 Å². The Hall–Kier alpha value is -0.340. The van der Waals surface area contributed by atoms with E-state index in [9.17, 15) is 10.1 Å². The molecule has 0 unspecified atom stereocenters. The maximum atomic E-state index is 10.6. The first-order chi connectivity index (χ1) is 6.59. The number of thiophene rings is 1. The largest absolute Gasteiger partial charge is 0.325 e. The third-order valence-electron chi connectivity index (χ3n) is 1.79. The zero-order valence-corrected chi connectivity index (χ0v) is 10.6. The molecule has 0 saturated carbocycles. The second-order valence-corrected chi connectivity index (χ2v) is 5.32. The zero-order chi connectivity index (χ0) is 10.3. The molecule has 0 atom stereocenters. The van der Waals surface area contributed by atoms with Crippen molar-refractivity contribution in [2.75, 3.05) is 0 Å². The van der Waals surface area contributed by atoms with Crippen molar-refractivity contribution in [3.05, 3.63) is 31.9 Å². The molecular formula is C8H4INO2S2. The van der Waals surface area contributed by atoms with Gasteiger partial charge >= 0.3 is 5.00 Å². The second kappa shape index (κ2) is 3.67. The molecule has 1 aromatic heterocycles. The van der Waals surface area contributed by atoms with Gasteiger partial charge in [-0.05, 0) is 34.7 Å². The summed E-state index contributed by atoms with van der Waals surface area (Å²) in [5.74, 6) is 0. The van der Waals surface area contributed by atoms with Crippen LogP contribution in [0.25, 0.3) is 10.1 Å². The summed E-state index contributed by atoms with van der Waals surface area (Å²) in [6.45, 7) is 0. The van der Waals surface area contributed by atoms with Gasteiger partial charge in [0, 0.05) is 24.6 Å². The number of halogens is 1. The Bertz CT molecular complexity index is 523. The molecule has 6 heteroatoms. The molecule has 0 amide bonds. The van der Waals surface area contributed by atoms with Crippen LogP contribution in [-0.4, -0.2) is 4.92 Å². The molecule has 2 aromatic rings. The molecule has 0 spiro atoms. The first-order valence-corrected chi connectivity index (χ1v) is 5.99. The molecule has 0 aliphatic rings. The molecule has 0 fully saturated rings. The summed E-state index contributed by atoms with van der Waals surface area (Å²) in [7, 11) is 0. The van der Waals surface area contributed by atoms with Crippen LogP contribution in [0.3, 0.4) is 0 Å². The third kappa shape index (κ3) is 1.61. The van der Waals surface area contributed by atoms with E-state index in [4.69, 9.17) is 0 Å². The molecule has 3 nitrogen and oxygen atoms in total. The standard InChI is InChI=1S/C8H4INO2S2/c9-5-1-2-6-4(8(5)13)3-7(14-6)10(11)12/h1-3,13H. The van der Waals surface area contributed by atoms with E-state index in [1.807, 2.05) is 12.1 Å². The van der Waals surface area contributed by atoms with E-state index in [-0.39, 0.29) is 9.92 Å². The fraction of sp³-hybridized carbons (Fsp3) is 0. The number of nitro groups is 1. The second-order valence-electron chi connectivity index (χ2n) is 2.65. The number of hydrogen-bond donors (Lipinski definition) is 1. The average Bonchev–Trinajstić information content (AvgIpc) is 2.56. The van der Waals surface area contributed by atoms with E-state index >= 15 is 0 Å². The van der Waals surface area contributed by atoms with E-state index in [1.54, 1.807) is 6.07 Å². The van der Waals surface area contributed by atoms with E-state index < -0.39 is 0 Å². The van der Waals surface area contributed by atoms with Crippen molar-refractivity contribution in [1.82, 2.24) is 0 Å². The number of rotatable bonds is 1. The van der Waals surface area contributed by atoms with Crippen LogP contribution in [-0.2, 0) is 0 Å². The van der Waals surface area contributed by atoms with Crippen LogP contribution in [0.15, 0.2) is 23.1 Å². The number of benzene rings is 1. The van der Waals surface area contributed by atoms with Crippen molar-refractivity contribution in [1.29, 1.82) is 0 Å². The molecule has 0 saturated heterocycles. The molecule has 72 valence electrons. The lowest BCUT2D eigenvalue weighted by atomic mass is 10.3. The van der Waals surface area contributed by atoms with Crippen molar-refractivity contribution in [3.8, 4) is 0 Å². The first kappa shape index (κ1) is 10.2. The highest BCUT2D eigenvalue weighted by molar-refractivity contribution is 14.1. The van der Waals surface area contributed by atoms with E-state index in [1.165, 1.54) is 11.3 Å². The highest BCUT2D eigenvalue weighted by atomic mass is 127. The van der Waals surface area contributed by atoms with Crippen LogP contribution in [0.1, 0.15) is 0 Å². The van der Waals surface area contributed by atoms with Crippen LogP contribution < -0.4 is 0 Å². The topological polar surface area (TPSA) is 43.1 Å². The van der Waals surface area contributed by atoms with Crippen molar-refractivity contribution in [2.45, 2.75) is 4.90 Å². The summed E-state index contributed by atoms with van der Waals surface area (Å²) in [5.41, 5.74) is 0. The van der Waals surface area contributed by atoms with Gasteiger partial charge < -0.3 is 0 Å². The van der Waals surface area contributed by atoms with Crippen LogP contribution in [0.2, 0.25) is 0 Å². The number of thiol groups is 1. The Morgan fingerprint density at radius 3 is 2.86 bits per heavy atom. The molecule has 1 heterocycles. The van der Waals surface area contributed by atoms with Gasteiger partial charge in [-0.1, -0.05) is 11.3 Å². The molecule has 14 heavy (non-hydrogen) atoms. The lowest BCUT2D eigenvalue weighted by molar-refractivity contribution is -0.380. The minimum Gasteiger partial charge on any atom is -0.258 e. The highest BCUT2D eigenvalue weighted by Crippen LogP contribution is 2.36. The number of hydrogen-bond acceptors (Lipinski definition) is 4. The molecule has 0 radical (unpaired) electrons. The van der Waals surface area contributed by atoms with Crippen LogP contribution in [0, 0.1) is 13.7 Å². The SMILES string of the molecule is O=[N+]([O-])c1cc2c(S)c(I)ccc2s1. The molecule has 0 bridgehead atoms. The molecule has 0 aliphatic carbocycles. The van der Waals surface area contributed by atoms with Gasteiger partial charge in [-0.3, -0.25) is 10.1 Å². The fourth-order valence-corrected chi connectivity index (χ4v) is 2.84. The summed E-state index contributed by atoms with van der Waals surface area (Å²) in [6.07, 6.45) is 0. The van der Waals surface area contributed by atoms with E-state index in [0.29, 0.717) is 0 Å². The molecule has 2 rings (SSSR count). The normalized spacial score (nSPS) is 10.7. The Kier molecular flexibility index (Phi) is 2.67. The van der Waals surface area contributed by atoms with Gasteiger partial charge in [0.15, 0.2) is 0 Å². The lowest BCUT2D eigenvalue weighted by Crippen LogP contribution is -1.80. The minimum atomic E-state index is -0.370. The summed E-state index contributed by atoms with van der Waals surface area (Å²) < 4.78 is 1.91. The van der Waals surface area contributed by atoms with Crippen LogP contribution in [0.4, 0.5) is 5.00 Å². The van der Waals surface area contributed by atoms with Gasteiger partial charge in [0.25, 0.3) is 0 Å². The Morgan fingerprint density at radius 1 is 1.50 bits per heavy atom. The fourth-order valence-electron chi connectivity index (χ4n) is 1.15. The van der Waals surface area contributed by atoms with Crippen molar-refractivity contribution < 1.29 is 4.92 Å². The summed E-state index contributed by atoms with van der Waals surface area (Å²) in [6, 6.07) is 5.37. The third-order valence-corrected chi connectivity index (χ3v) is 4.65. The quantitative estimate of drug-likeness (QED) is 0.373.